The molecule has 1 heterocycles. The Kier molecular flexibility index (Phi) is 39.5. The van der Waals surface area contributed by atoms with Crippen molar-refractivity contribution < 1.29 is 49.0 Å². The minimum absolute atomic E-state index is 0.195. The van der Waals surface area contributed by atoms with Crippen molar-refractivity contribution >= 4 is 11.9 Å². The lowest BCUT2D eigenvalue weighted by molar-refractivity contribution is -0.305. The van der Waals surface area contributed by atoms with Gasteiger partial charge in [0.15, 0.2) is 12.4 Å². The van der Waals surface area contributed by atoms with Crippen LogP contribution >= 0.6 is 0 Å². The molecular weight excluding hydrogens is 773 g/mol. The van der Waals surface area contributed by atoms with E-state index in [1.54, 1.807) is 0 Å². The summed E-state index contributed by atoms with van der Waals surface area (Å²) < 4.78 is 22.2. The molecule has 0 spiro atoms. The highest BCUT2D eigenvalue weighted by atomic mass is 16.7. The summed E-state index contributed by atoms with van der Waals surface area (Å²) in [6, 6.07) is 0. The van der Waals surface area contributed by atoms with Crippen molar-refractivity contribution in [3.8, 4) is 0 Å². The van der Waals surface area contributed by atoms with Gasteiger partial charge >= 0.3 is 11.9 Å². The van der Waals surface area contributed by atoms with E-state index in [0.717, 1.165) is 32.1 Å². The fraction of sp³-hybridized carbons (Fsp3) is 0.882. The molecule has 61 heavy (non-hydrogen) atoms. The molecular formula is C51H94O10. The average molecular weight is 867 g/mol. The molecule has 10 nitrogen and oxygen atoms in total. The number of carbonyl (C=O) groups excluding carboxylic acids is 2. The van der Waals surface area contributed by atoms with E-state index in [4.69, 9.17) is 18.9 Å². The number of aliphatic hydroxyl groups excluding tert-OH is 4. The first-order chi connectivity index (χ1) is 29.8. The van der Waals surface area contributed by atoms with Crippen molar-refractivity contribution in [1.29, 1.82) is 0 Å². The van der Waals surface area contributed by atoms with Crippen molar-refractivity contribution in [2.24, 2.45) is 0 Å². The highest BCUT2D eigenvalue weighted by Gasteiger charge is 2.44. The lowest BCUT2D eigenvalue weighted by Crippen LogP contribution is -2.59. The van der Waals surface area contributed by atoms with Crippen LogP contribution in [-0.4, -0.2) is 89.0 Å². The summed E-state index contributed by atoms with van der Waals surface area (Å²) in [7, 11) is 0. The third-order valence-corrected chi connectivity index (χ3v) is 11.8. The lowest BCUT2D eigenvalue weighted by atomic mass is 9.99. The molecule has 0 saturated carbocycles. The molecule has 1 aliphatic rings. The molecule has 0 aromatic heterocycles. The van der Waals surface area contributed by atoms with Gasteiger partial charge in [-0.3, -0.25) is 9.59 Å². The van der Waals surface area contributed by atoms with E-state index in [2.05, 4.69) is 32.1 Å². The number of unbranched alkanes of at least 4 members (excludes halogenated alkanes) is 28. The second-order valence-corrected chi connectivity index (χ2v) is 17.6. The third kappa shape index (κ3) is 33.4. The summed E-state index contributed by atoms with van der Waals surface area (Å²) in [5.74, 6) is -0.855. The van der Waals surface area contributed by atoms with Crippen LogP contribution in [0.2, 0.25) is 0 Å². The normalized spacial score (nSPS) is 19.9. The molecule has 1 aliphatic heterocycles. The number of hydrogen-bond donors (Lipinski definition) is 4. The van der Waals surface area contributed by atoms with Crippen molar-refractivity contribution in [2.45, 2.75) is 269 Å². The van der Waals surface area contributed by atoms with Crippen LogP contribution in [0.5, 0.6) is 0 Å². The summed E-state index contributed by atoms with van der Waals surface area (Å²) in [6.07, 6.45) is 40.5. The van der Waals surface area contributed by atoms with Crippen molar-refractivity contribution in [2.75, 3.05) is 19.8 Å². The van der Waals surface area contributed by atoms with Gasteiger partial charge in [0.05, 0.1) is 13.2 Å². The quantitative estimate of drug-likeness (QED) is 0.0265. The molecule has 0 aromatic carbocycles. The SMILES string of the molecule is CCCCCCCC/C=C/CCCCCCCCCCCCCC(=O)O[C@H](COC(=O)CC/C=C/CCCCCCCCCCCCC)CO[C@@H]1O[C@H](CO)[C@H](O)C(O)C1O. The van der Waals surface area contributed by atoms with Crippen LogP contribution in [-0.2, 0) is 28.5 Å². The molecule has 358 valence electrons. The van der Waals surface area contributed by atoms with E-state index in [0.29, 0.717) is 12.8 Å². The van der Waals surface area contributed by atoms with Crippen molar-refractivity contribution in [3.05, 3.63) is 24.3 Å². The zero-order valence-corrected chi connectivity index (χ0v) is 39.2. The summed E-state index contributed by atoms with van der Waals surface area (Å²) in [6.45, 7) is 3.41. The number of esters is 2. The van der Waals surface area contributed by atoms with E-state index >= 15 is 0 Å². The topological polar surface area (TPSA) is 152 Å². The van der Waals surface area contributed by atoms with Crippen molar-refractivity contribution in [3.63, 3.8) is 0 Å². The molecule has 1 fully saturated rings. The Morgan fingerprint density at radius 3 is 1.34 bits per heavy atom. The van der Waals surface area contributed by atoms with Gasteiger partial charge in [-0.15, -0.1) is 0 Å². The molecule has 0 aliphatic carbocycles. The molecule has 0 aromatic rings. The van der Waals surface area contributed by atoms with Crippen LogP contribution < -0.4 is 0 Å². The molecule has 0 bridgehead atoms. The van der Waals surface area contributed by atoms with Gasteiger partial charge in [0.25, 0.3) is 0 Å². The Balaban J connectivity index is 2.27. The minimum atomic E-state index is -1.60. The number of rotatable bonds is 43. The van der Waals surface area contributed by atoms with Crippen LogP contribution in [0.15, 0.2) is 24.3 Å². The predicted octanol–water partition coefficient (Wildman–Crippen LogP) is 11.7. The summed E-state index contributed by atoms with van der Waals surface area (Å²) >= 11 is 0. The maximum atomic E-state index is 12.8. The van der Waals surface area contributed by atoms with E-state index in [1.807, 2.05) is 6.08 Å². The minimum Gasteiger partial charge on any atom is -0.462 e. The Labute approximate surface area is 373 Å². The molecule has 1 rings (SSSR count). The third-order valence-electron chi connectivity index (χ3n) is 11.8. The zero-order chi connectivity index (χ0) is 44.4. The number of ether oxygens (including phenoxy) is 4. The fourth-order valence-electron chi connectivity index (χ4n) is 7.79. The van der Waals surface area contributed by atoms with Gasteiger partial charge < -0.3 is 39.4 Å². The molecule has 1 saturated heterocycles. The van der Waals surface area contributed by atoms with E-state index in [1.165, 1.54) is 161 Å². The maximum Gasteiger partial charge on any atom is 0.306 e. The van der Waals surface area contributed by atoms with E-state index in [-0.39, 0.29) is 26.1 Å². The van der Waals surface area contributed by atoms with Crippen LogP contribution in [0, 0.1) is 0 Å². The Morgan fingerprint density at radius 2 is 0.902 bits per heavy atom. The molecule has 4 N–H and O–H groups in total. The van der Waals surface area contributed by atoms with Gasteiger partial charge in [-0.2, -0.15) is 0 Å². The molecule has 6 atom stereocenters. The van der Waals surface area contributed by atoms with E-state index < -0.39 is 55.4 Å². The molecule has 2 unspecified atom stereocenters. The van der Waals surface area contributed by atoms with Crippen LogP contribution in [0.3, 0.4) is 0 Å². The summed E-state index contributed by atoms with van der Waals surface area (Å²) in [5, 5.41) is 40.2. The predicted molar refractivity (Wildman–Crippen MR) is 247 cm³/mol. The zero-order valence-electron chi connectivity index (χ0n) is 39.2. The van der Waals surface area contributed by atoms with Gasteiger partial charge in [-0.25, -0.2) is 0 Å². The highest BCUT2D eigenvalue weighted by Crippen LogP contribution is 2.23. The molecule has 0 radical (unpaired) electrons. The first-order valence-electron chi connectivity index (χ1n) is 25.4. The van der Waals surface area contributed by atoms with E-state index in [9.17, 15) is 30.0 Å². The monoisotopic (exact) mass is 867 g/mol. The van der Waals surface area contributed by atoms with Gasteiger partial charge in [-0.1, -0.05) is 192 Å². The Morgan fingerprint density at radius 1 is 0.492 bits per heavy atom. The van der Waals surface area contributed by atoms with Crippen LogP contribution in [0.25, 0.3) is 0 Å². The van der Waals surface area contributed by atoms with Crippen molar-refractivity contribution in [1.82, 2.24) is 0 Å². The standard InChI is InChI=1S/C51H94O10/c1-3-5-7-9-11-13-15-17-19-20-21-22-23-24-26-28-30-32-34-36-38-40-47(54)60-44(43-59-51-50(57)49(56)48(55)45(41-52)61-51)42-58-46(53)39-37-35-33-31-29-27-25-18-16-14-12-10-8-6-4-2/h17,19,33,35,44-45,48-52,55-57H,3-16,18,20-32,34,36-43H2,1-2H3/b19-17+,35-33+/t44-,45-,48+,49?,50?,51-/m1/s1. The molecule has 10 heteroatoms. The van der Waals surface area contributed by atoms with Gasteiger partial charge in [0.1, 0.15) is 31.0 Å². The second kappa shape index (κ2) is 42.1. The number of hydrogen-bond acceptors (Lipinski definition) is 10. The smallest absolute Gasteiger partial charge is 0.306 e. The largest absolute Gasteiger partial charge is 0.462 e. The Bertz CT molecular complexity index is 1050. The van der Waals surface area contributed by atoms with Gasteiger partial charge in [0.2, 0.25) is 0 Å². The maximum absolute atomic E-state index is 12.8. The second-order valence-electron chi connectivity index (χ2n) is 17.6. The summed E-state index contributed by atoms with van der Waals surface area (Å²) in [5.41, 5.74) is 0. The lowest BCUT2D eigenvalue weighted by Gasteiger charge is -2.39. The first-order valence-corrected chi connectivity index (χ1v) is 25.4. The molecule has 0 amide bonds. The number of allylic oxidation sites excluding steroid dienone is 4. The summed E-state index contributed by atoms with van der Waals surface area (Å²) in [4.78, 5) is 25.4. The number of aliphatic hydroxyl groups is 4. The van der Waals surface area contributed by atoms with Crippen LogP contribution in [0.1, 0.15) is 232 Å². The average Bonchev–Trinajstić information content (AvgIpc) is 3.26. The highest BCUT2D eigenvalue weighted by molar-refractivity contribution is 5.70. The first kappa shape index (κ1) is 57.2. The van der Waals surface area contributed by atoms with Gasteiger partial charge in [0, 0.05) is 12.8 Å². The fourth-order valence-corrected chi connectivity index (χ4v) is 7.79. The number of carbonyl (C=O) groups is 2. The van der Waals surface area contributed by atoms with Crippen LogP contribution in [0.4, 0.5) is 0 Å². The Hall–Kier alpha value is -1.82. The van der Waals surface area contributed by atoms with Gasteiger partial charge in [-0.05, 0) is 51.4 Å².